The van der Waals surface area contributed by atoms with Crippen LogP contribution in [0.1, 0.15) is 59.3 Å². The Morgan fingerprint density at radius 3 is 2.68 bits per heavy atom. The quantitative estimate of drug-likeness (QED) is 0.626. The predicted molar refractivity (Wildman–Crippen MR) is 86.2 cm³/mol. The van der Waals surface area contributed by atoms with Crippen molar-refractivity contribution < 1.29 is 9.59 Å². The summed E-state index contributed by atoms with van der Waals surface area (Å²) in [5.41, 5.74) is 2.73. The van der Waals surface area contributed by atoms with Gasteiger partial charge in [-0.05, 0) is 48.7 Å². The molecule has 0 radical (unpaired) electrons. The van der Waals surface area contributed by atoms with Gasteiger partial charge in [-0.25, -0.2) is 0 Å². The molecule has 0 bridgehead atoms. The molecule has 0 aromatic rings. The zero-order valence-corrected chi connectivity index (χ0v) is 13.9. The Labute approximate surface area is 133 Å². The van der Waals surface area contributed by atoms with Crippen LogP contribution >= 0.6 is 0 Å². The lowest BCUT2D eigenvalue weighted by atomic mass is 9.49. The van der Waals surface area contributed by atoms with Gasteiger partial charge in [0.05, 0.1) is 0 Å². The van der Waals surface area contributed by atoms with Crippen LogP contribution in [0, 0.1) is 28.6 Å². The standard InChI is InChI=1S/C20H26O2/c1-12-16-11-13(21)6-10-20(16,3)15-7-9-19(2)8-4-5-14(19)17(15)18(12)22/h7,11-12,14,17H,4-6,8-10H2,1-3H3/t12-,14+,17+,19+,20-/m1/s1. The molecule has 4 aliphatic rings. The fourth-order valence-corrected chi connectivity index (χ4v) is 5.95. The summed E-state index contributed by atoms with van der Waals surface area (Å²) in [4.78, 5) is 25.1. The first-order valence-corrected chi connectivity index (χ1v) is 8.86. The van der Waals surface area contributed by atoms with Crippen molar-refractivity contribution in [2.24, 2.45) is 28.6 Å². The Hall–Kier alpha value is -1.18. The minimum atomic E-state index is -0.0839. The van der Waals surface area contributed by atoms with Gasteiger partial charge in [0, 0.05) is 23.7 Å². The average Bonchev–Trinajstić information content (AvgIpc) is 2.88. The second kappa shape index (κ2) is 4.43. The summed E-state index contributed by atoms with van der Waals surface area (Å²) in [7, 11) is 0. The van der Waals surface area contributed by atoms with Crippen molar-refractivity contribution in [3.8, 4) is 0 Å². The normalized spacial score (nSPS) is 47.3. The smallest absolute Gasteiger partial charge is 0.155 e. The molecule has 5 atom stereocenters. The van der Waals surface area contributed by atoms with Crippen LogP contribution in [0.25, 0.3) is 0 Å². The molecule has 118 valence electrons. The summed E-state index contributed by atoms with van der Waals surface area (Å²) in [6.45, 7) is 6.70. The van der Waals surface area contributed by atoms with Gasteiger partial charge in [-0.15, -0.1) is 0 Å². The van der Waals surface area contributed by atoms with E-state index in [1.165, 1.54) is 24.8 Å². The van der Waals surface area contributed by atoms with E-state index in [-0.39, 0.29) is 23.0 Å². The molecule has 4 aliphatic carbocycles. The van der Waals surface area contributed by atoms with E-state index >= 15 is 0 Å². The zero-order valence-electron chi connectivity index (χ0n) is 13.9. The second-order valence-electron chi connectivity index (χ2n) is 8.52. The Morgan fingerprint density at radius 1 is 1.14 bits per heavy atom. The molecular weight excluding hydrogens is 272 g/mol. The van der Waals surface area contributed by atoms with Gasteiger partial charge in [0.25, 0.3) is 0 Å². The van der Waals surface area contributed by atoms with Crippen LogP contribution in [-0.4, -0.2) is 11.6 Å². The van der Waals surface area contributed by atoms with Crippen LogP contribution < -0.4 is 0 Å². The van der Waals surface area contributed by atoms with Crippen molar-refractivity contribution >= 4 is 11.6 Å². The third-order valence-corrected chi connectivity index (χ3v) is 7.35. The Balaban J connectivity index is 1.87. The van der Waals surface area contributed by atoms with Crippen molar-refractivity contribution in [2.75, 3.05) is 0 Å². The maximum absolute atomic E-state index is 13.2. The van der Waals surface area contributed by atoms with Crippen molar-refractivity contribution in [3.05, 3.63) is 23.3 Å². The van der Waals surface area contributed by atoms with E-state index in [9.17, 15) is 9.59 Å². The predicted octanol–water partition coefficient (Wildman–Crippen LogP) is 4.25. The maximum atomic E-state index is 13.2. The van der Waals surface area contributed by atoms with Crippen LogP contribution in [0.4, 0.5) is 0 Å². The molecule has 0 unspecified atom stereocenters. The molecule has 4 rings (SSSR count). The number of fused-ring (bicyclic) bond motifs is 5. The van der Waals surface area contributed by atoms with Gasteiger partial charge in [-0.1, -0.05) is 38.8 Å². The number of hydrogen-bond donors (Lipinski definition) is 0. The first kappa shape index (κ1) is 14.4. The van der Waals surface area contributed by atoms with Crippen LogP contribution in [-0.2, 0) is 9.59 Å². The molecule has 0 aromatic carbocycles. The van der Waals surface area contributed by atoms with E-state index < -0.39 is 0 Å². The van der Waals surface area contributed by atoms with Gasteiger partial charge in [-0.2, -0.15) is 0 Å². The van der Waals surface area contributed by atoms with E-state index in [2.05, 4.69) is 19.9 Å². The number of hydrogen-bond acceptors (Lipinski definition) is 2. The SMILES string of the molecule is C[C@H]1C(=O)[C@@H]2C(=CC[C@]3(C)CCC[C@@H]23)[C@@]2(C)CCC(=O)C=C12. The summed E-state index contributed by atoms with van der Waals surface area (Å²) >= 11 is 0. The molecular formula is C20H26O2. The summed E-state index contributed by atoms with van der Waals surface area (Å²) in [6, 6.07) is 0. The number of allylic oxidation sites excluding steroid dienone is 4. The summed E-state index contributed by atoms with van der Waals surface area (Å²) < 4.78 is 0. The van der Waals surface area contributed by atoms with Gasteiger partial charge in [0.15, 0.2) is 5.78 Å². The third kappa shape index (κ3) is 1.67. The molecule has 0 aliphatic heterocycles. The number of ketones is 2. The second-order valence-corrected chi connectivity index (χ2v) is 8.52. The van der Waals surface area contributed by atoms with Gasteiger partial charge in [-0.3, -0.25) is 9.59 Å². The molecule has 0 amide bonds. The molecule has 0 spiro atoms. The Bertz CT molecular complexity index is 626. The highest BCUT2D eigenvalue weighted by molar-refractivity contribution is 5.97. The first-order chi connectivity index (χ1) is 10.4. The zero-order chi connectivity index (χ0) is 15.7. The minimum absolute atomic E-state index is 0.0458. The number of carbonyl (C=O) groups is 2. The van der Waals surface area contributed by atoms with Crippen LogP contribution in [0.5, 0.6) is 0 Å². The van der Waals surface area contributed by atoms with Crippen LogP contribution in [0.2, 0.25) is 0 Å². The van der Waals surface area contributed by atoms with E-state index in [1.54, 1.807) is 6.08 Å². The van der Waals surface area contributed by atoms with Crippen molar-refractivity contribution in [1.29, 1.82) is 0 Å². The fraction of sp³-hybridized carbons (Fsp3) is 0.700. The minimum Gasteiger partial charge on any atom is -0.298 e. The van der Waals surface area contributed by atoms with Crippen molar-refractivity contribution in [1.82, 2.24) is 0 Å². The number of Topliss-reactive ketones (excluding diaryl/α,β-unsaturated/α-hetero) is 1. The number of rotatable bonds is 0. The van der Waals surface area contributed by atoms with Crippen molar-refractivity contribution in [2.45, 2.75) is 59.3 Å². The highest BCUT2D eigenvalue weighted by atomic mass is 16.1. The molecule has 2 saturated carbocycles. The lowest BCUT2D eigenvalue weighted by Gasteiger charge is -2.53. The van der Waals surface area contributed by atoms with Crippen LogP contribution in [0.3, 0.4) is 0 Å². The fourth-order valence-electron chi connectivity index (χ4n) is 5.95. The first-order valence-electron chi connectivity index (χ1n) is 8.86. The molecule has 0 heterocycles. The largest absolute Gasteiger partial charge is 0.298 e. The monoisotopic (exact) mass is 298 g/mol. The van der Waals surface area contributed by atoms with E-state index in [0.717, 1.165) is 18.4 Å². The molecule has 0 saturated heterocycles. The average molecular weight is 298 g/mol. The number of carbonyl (C=O) groups excluding carboxylic acids is 2. The summed E-state index contributed by atoms with van der Waals surface area (Å²) in [6.07, 6.45) is 10.5. The van der Waals surface area contributed by atoms with Gasteiger partial charge in [0.1, 0.15) is 5.78 Å². The lowest BCUT2D eigenvalue weighted by Crippen LogP contribution is -2.50. The summed E-state index contributed by atoms with van der Waals surface area (Å²) in [5.74, 6) is 1.14. The molecule has 2 fully saturated rings. The van der Waals surface area contributed by atoms with Crippen LogP contribution in [0.15, 0.2) is 23.3 Å². The molecule has 0 N–H and O–H groups in total. The van der Waals surface area contributed by atoms with Gasteiger partial charge in [0.2, 0.25) is 0 Å². The van der Waals surface area contributed by atoms with E-state index in [0.29, 0.717) is 23.5 Å². The molecule has 22 heavy (non-hydrogen) atoms. The highest BCUT2D eigenvalue weighted by Crippen LogP contribution is 2.62. The van der Waals surface area contributed by atoms with Crippen molar-refractivity contribution in [3.63, 3.8) is 0 Å². The molecule has 0 aromatic heterocycles. The third-order valence-electron chi connectivity index (χ3n) is 7.35. The van der Waals surface area contributed by atoms with Gasteiger partial charge < -0.3 is 0 Å². The Kier molecular flexibility index (Phi) is 2.90. The molecule has 2 nitrogen and oxygen atoms in total. The van der Waals surface area contributed by atoms with Gasteiger partial charge >= 0.3 is 0 Å². The Morgan fingerprint density at radius 2 is 1.91 bits per heavy atom. The maximum Gasteiger partial charge on any atom is 0.155 e. The topological polar surface area (TPSA) is 34.1 Å². The van der Waals surface area contributed by atoms with E-state index in [1.807, 2.05) is 6.92 Å². The van der Waals surface area contributed by atoms with E-state index in [4.69, 9.17) is 0 Å². The summed E-state index contributed by atoms with van der Waals surface area (Å²) in [5, 5.41) is 0. The lowest BCUT2D eigenvalue weighted by molar-refractivity contribution is -0.130. The highest BCUT2D eigenvalue weighted by Gasteiger charge is 2.57. The molecule has 2 heteroatoms.